The van der Waals surface area contributed by atoms with E-state index in [1.807, 2.05) is 36.2 Å². The monoisotopic (exact) mass is 276 g/mol. The van der Waals surface area contributed by atoms with Crippen LogP contribution in [0.3, 0.4) is 0 Å². The van der Waals surface area contributed by atoms with Gasteiger partial charge in [-0.05, 0) is 45.4 Å². The Balaban J connectivity index is 2.15. The Labute approximate surface area is 121 Å². The van der Waals surface area contributed by atoms with E-state index in [1.54, 1.807) is 0 Å². The zero-order valence-electron chi connectivity index (χ0n) is 12.6. The minimum Gasteiger partial charge on any atom is -0.491 e. The third kappa shape index (κ3) is 3.31. The summed E-state index contributed by atoms with van der Waals surface area (Å²) in [7, 11) is 1.84. The summed E-state index contributed by atoms with van der Waals surface area (Å²) in [6.45, 7) is 4.93. The van der Waals surface area contributed by atoms with Crippen molar-refractivity contribution >= 4 is 11.6 Å². The number of ether oxygens (including phenoxy) is 1. The Morgan fingerprint density at radius 2 is 2.30 bits per heavy atom. The number of piperidine rings is 1. The fourth-order valence-corrected chi connectivity index (χ4v) is 2.44. The number of nitrogens with one attached hydrogen (secondary N) is 1. The molecule has 1 heterocycles. The summed E-state index contributed by atoms with van der Waals surface area (Å²) >= 11 is 0. The van der Waals surface area contributed by atoms with Gasteiger partial charge in [0.25, 0.3) is 0 Å². The standard InChI is InChI=1S/C16H24N2O2/c1-4-12(2)20-14-8-5-7-13(11-14)18-10-6-9-15(17-3)16(18)19/h5,7-8,11-12,15,17H,4,6,9-10H2,1-3H3. The summed E-state index contributed by atoms with van der Waals surface area (Å²) in [6.07, 6.45) is 3.09. The molecule has 1 aliphatic rings. The molecule has 1 saturated heterocycles. The second kappa shape index (κ2) is 6.75. The first-order chi connectivity index (χ1) is 9.65. The van der Waals surface area contributed by atoms with Gasteiger partial charge >= 0.3 is 0 Å². The van der Waals surface area contributed by atoms with Crippen LogP contribution in [0.2, 0.25) is 0 Å². The summed E-state index contributed by atoms with van der Waals surface area (Å²) in [5.74, 6) is 0.982. The highest BCUT2D eigenvalue weighted by Crippen LogP contribution is 2.25. The zero-order valence-corrected chi connectivity index (χ0v) is 12.6. The third-order valence-electron chi connectivity index (χ3n) is 3.83. The molecule has 0 radical (unpaired) electrons. The van der Waals surface area contributed by atoms with Crippen molar-refractivity contribution in [2.75, 3.05) is 18.5 Å². The van der Waals surface area contributed by atoms with Gasteiger partial charge in [0.1, 0.15) is 5.75 Å². The summed E-state index contributed by atoms with van der Waals surface area (Å²) in [4.78, 5) is 14.2. The minimum atomic E-state index is -0.0668. The van der Waals surface area contributed by atoms with Crippen molar-refractivity contribution in [3.05, 3.63) is 24.3 Å². The predicted molar refractivity (Wildman–Crippen MR) is 81.3 cm³/mol. The molecular formula is C16H24N2O2. The lowest BCUT2D eigenvalue weighted by Gasteiger charge is -2.32. The topological polar surface area (TPSA) is 41.6 Å². The van der Waals surface area contributed by atoms with Crippen molar-refractivity contribution in [3.63, 3.8) is 0 Å². The number of anilines is 1. The van der Waals surface area contributed by atoms with Crippen molar-refractivity contribution in [1.29, 1.82) is 0 Å². The Kier molecular flexibility index (Phi) is 5.01. The number of carbonyl (C=O) groups excluding carboxylic acids is 1. The molecule has 1 amide bonds. The second-order valence-electron chi connectivity index (χ2n) is 5.31. The fourth-order valence-electron chi connectivity index (χ4n) is 2.44. The quantitative estimate of drug-likeness (QED) is 0.898. The number of nitrogens with zero attached hydrogens (tertiary/aromatic N) is 1. The lowest BCUT2D eigenvalue weighted by Crippen LogP contribution is -2.49. The third-order valence-corrected chi connectivity index (χ3v) is 3.83. The van der Waals surface area contributed by atoms with E-state index in [9.17, 15) is 4.79 Å². The van der Waals surface area contributed by atoms with Crippen molar-refractivity contribution in [1.82, 2.24) is 5.32 Å². The molecule has 1 fully saturated rings. The molecule has 20 heavy (non-hydrogen) atoms. The van der Waals surface area contributed by atoms with Gasteiger partial charge in [0.2, 0.25) is 5.91 Å². The van der Waals surface area contributed by atoms with Crippen LogP contribution in [-0.4, -0.2) is 31.6 Å². The Hall–Kier alpha value is -1.55. The van der Waals surface area contributed by atoms with Crippen molar-refractivity contribution in [2.24, 2.45) is 0 Å². The zero-order chi connectivity index (χ0) is 14.5. The Morgan fingerprint density at radius 1 is 1.50 bits per heavy atom. The number of rotatable bonds is 5. The highest BCUT2D eigenvalue weighted by molar-refractivity contribution is 5.98. The largest absolute Gasteiger partial charge is 0.491 e. The van der Waals surface area contributed by atoms with Gasteiger partial charge < -0.3 is 15.0 Å². The van der Waals surface area contributed by atoms with E-state index in [2.05, 4.69) is 19.2 Å². The normalized spacial score (nSPS) is 20.9. The number of likely N-dealkylation sites (N-methyl/N-ethyl adjacent to an activating group) is 1. The first kappa shape index (κ1) is 14.9. The van der Waals surface area contributed by atoms with E-state index in [1.165, 1.54) is 0 Å². The minimum absolute atomic E-state index is 0.0668. The lowest BCUT2D eigenvalue weighted by atomic mass is 10.0. The summed E-state index contributed by atoms with van der Waals surface area (Å²) in [5, 5.41) is 3.09. The predicted octanol–water partition coefficient (Wildman–Crippen LogP) is 2.58. The molecular weight excluding hydrogens is 252 g/mol. The summed E-state index contributed by atoms with van der Waals surface area (Å²) in [5.41, 5.74) is 0.927. The van der Waals surface area contributed by atoms with Gasteiger partial charge in [-0.2, -0.15) is 0 Å². The number of hydrogen-bond acceptors (Lipinski definition) is 3. The van der Waals surface area contributed by atoms with Crippen LogP contribution in [0.1, 0.15) is 33.1 Å². The van der Waals surface area contributed by atoms with Crippen LogP contribution in [0, 0.1) is 0 Å². The van der Waals surface area contributed by atoms with Crippen LogP contribution in [0.5, 0.6) is 5.75 Å². The molecule has 2 unspecified atom stereocenters. The van der Waals surface area contributed by atoms with E-state index < -0.39 is 0 Å². The molecule has 1 N–H and O–H groups in total. The average Bonchev–Trinajstić information content (AvgIpc) is 2.47. The van der Waals surface area contributed by atoms with Crippen LogP contribution in [-0.2, 0) is 4.79 Å². The van der Waals surface area contributed by atoms with E-state index >= 15 is 0 Å². The molecule has 0 aliphatic carbocycles. The fraction of sp³-hybridized carbons (Fsp3) is 0.562. The molecule has 1 aromatic carbocycles. The molecule has 2 rings (SSSR count). The molecule has 0 bridgehead atoms. The molecule has 2 atom stereocenters. The van der Waals surface area contributed by atoms with E-state index in [4.69, 9.17) is 4.74 Å². The molecule has 0 aromatic heterocycles. The van der Waals surface area contributed by atoms with Gasteiger partial charge in [0.05, 0.1) is 12.1 Å². The van der Waals surface area contributed by atoms with Crippen LogP contribution < -0.4 is 15.0 Å². The SMILES string of the molecule is CCC(C)Oc1cccc(N2CCCC(NC)C2=O)c1. The molecule has 4 nitrogen and oxygen atoms in total. The van der Waals surface area contributed by atoms with Gasteiger partial charge in [-0.1, -0.05) is 13.0 Å². The van der Waals surface area contributed by atoms with Crippen molar-refractivity contribution < 1.29 is 9.53 Å². The molecule has 4 heteroatoms. The molecule has 0 spiro atoms. The maximum Gasteiger partial charge on any atom is 0.244 e. The van der Waals surface area contributed by atoms with Gasteiger partial charge in [0, 0.05) is 18.3 Å². The molecule has 1 aromatic rings. The van der Waals surface area contributed by atoms with Gasteiger partial charge in [0.15, 0.2) is 0 Å². The van der Waals surface area contributed by atoms with Crippen molar-refractivity contribution in [3.8, 4) is 5.75 Å². The number of amides is 1. The van der Waals surface area contributed by atoms with Gasteiger partial charge in [-0.15, -0.1) is 0 Å². The van der Waals surface area contributed by atoms with Gasteiger partial charge in [-0.25, -0.2) is 0 Å². The number of benzene rings is 1. The first-order valence-corrected chi connectivity index (χ1v) is 7.41. The first-order valence-electron chi connectivity index (χ1n) is 7.41. The smallest absolute Gasteiger partial charge is 0.244 e. The summed E-state index contributed by atoms with van der Waals surface area (Å²) < 4.78 is 5.83. The highest BCUT2D eigenvalue weighted by atomic mass is 16.5. The van der Waals surface area contributed by atoms with Crippen LogP contribution in [0.25, 0.3) is 0 Å². The van der Waals surface area contributed by atoms with Crippen LogP contribution >= 0.6 is 0 Å². The number of hydrogen-bond donors (Lipinski definition) is 1. The molecule has 1 aliphatic heterocycles. The average molecular weight is 276 g/mol. The highest BCUT2D eigenvalue weighted by Gasteiger charge is 2.28. The maximum atomic E-state index is 12.4. The second-order valence-corrected chi connectivity index (χ2v) is 5.31. The van der Waals surface area contributed by atoms with E-state index in [-0.39, 0.29) is 18.1 Å². The van der Waals surface area contributed by atoms with Crippen LogP contribution in [0.15, 0.2) is 24.3 Å². The Bertz CT molecular complexity index is 462. The number of carbonyl (C=O) groups is 1. The van der Waals surface area contributed by atoms with Crippen LogP contribution in [0.4, 0.5) is 5.69 Å². The lowest BCUT2D eigenvalue weighted by molar-refractivity contribution is -0.121. The summed E-state index contributed by atoms with van der Waals surface area (Å²) in [6, 6.07) is 7.76. The van der Waals surface area contributed by atoms with Gasteiger partial charge in [-0.3, -0.25) is 4.79 Å². The maximum absolute atomic E-state index is 12.4. The van der Waals surface area contributed by atoms with E-state index in [0.717, 1.165) is 37.2 Å². The molecule has 110 valence electrons. The Morgan fingerprint density at radius 3 is 3.00 bits per heavy atom. The van der Waals surface area contributed by atoms with E-state index in [0.29, 0.717) is 0 Å². The molecule has 0 saturated carbocycles. The van der Waals surface area contributed by atoms with Crippen molar-refractivity contribution in [2.45, 2.75) is 45.3 Å².